The molecular formula is C19H29N5. The first-order valence-electron chi connectivity index (χ1n) is 8.82. The summed E-state index contributed by atoms with van der Waals surface area (Å²) in [5.74, 6) is 1.94. The summed E-state index contributed by atoms with van der Waals surface area (Å²) in [6.45, 7) is 10.5. The Bertz CT molecular complexity index is 649. The predicted molar refractivity (Wildman–Crippen MR) is 101 cm³/mol. The first-order chi connectivity index (χ1) is 11.5. The summed E-state index contributed by atoms with van der Waals surface area (Å²) in [5.41, 5.74) is 3.41. The van der Waals surface area contributed by atoms with Gasteiger partial charge in [-0.3, -0.25) is 0 Å². The van der Waals surface area contributed by atoms with Crippen LogP contribution in [0, 0.1) is 20.8 Å². The van der Waals surface area contributed by atoms with Crippen LogP contribution in [0.25, 0.3) is 0 Å². The second-order valence-electron chi connectivity index (χ2n) is 6.46. The van der Waals surface area contributed by atoms with Gasteiger partial charge in [-0.1, -0.05) is 44.4 Å². The van der Waals surface area contributed by atoms with Gasteiger partial charge in [0.25, 0.3) is 0 Å². The minimum absolute atomic E-state index is 0.353. The number of nitrogens with one attached hydrogen (secondary N) is 2. The lowest BCUT2D eigenvalue weighted by molar-refractivity contribution is 0.611. The first-order valence-corrected chi connectivity index (χ1v) is 8.82. The number of para-hydroxylation sites is 1. The molecule has 24 heavy (non-hydrogen) atoms. The van der Waals surface area contributed by atoms with Crippen molar-refractivity contribution in [1.29, 1.82) is 0 Å². The zero-order valence-electron chi connectivity index (χ0n) is 15.5. The van der Waals surface area contributed by atoms with Crippen molar-refractivity contribution >= 4 is 17.6 Å². The Morgan fingerprint density at radius 1 is 0.958 bits per heavy atom. The van der Waals surface area contributed by atoms with E-state index < -0.39 is 0 Å². The topological polar surface area (TPSA) is 62.7 Å². The molecule has 1 aromatic carbocycles. The van der Waals surface area contributed by atoms with Crippen molar-refractivity contribution in [2.45, 2.75) is 66.3 Å². The number of rotatable bonds is 8. The fraction of sp³-hybridized carbons (Fsp3) is 0.526. The summed E-state index contributed by atoms with van der Waals surface area (Å²) in [6, 6.07) is 6.57. The van der Waals surface area contributed by atoms with Crippen molar-refractivity contribution in [2.75, 3.05) is 10.6 Å². The third-order valence-electron chi connectivity index (χ3n) is 4.08. The van der Waals surface area contributed by atoms with Gasteiger partial charge in [0.05, 0.1) is 0 Å². The van der Waals surface area contributed by atoms with E-state index >= 15 is 0 Å². The first kappa shape index (κ1) is 18.2. The molecule has 0 spiro atoms. The van der Waals surface area contributed by atoms with E-state index in [4.69, 9.17) is 0 Å². The minimum Gasteiger partial charge on any atom is -0.352 e. The van der Waals surface area contributed by atoms with Crippen LogP contribution in [0.2, 0.25) is 0 Å². The predicted octanol–water partition coefficient (Wildman–Crippen LogP) is 4.92. The van der Waals surface area contributed by atoms with Crippen molar-refractivity contribution in [3.8, 4) is 0 Å². The normalized spacial score (nSPS) is 12.0. The van der Waals surface area contributed by atoms with Crippen LogP contribution >= 0.6 is 0 Å². The van der Waals surface area contributed by atoms with Crippen LogP contribution in [0.1, 0.15) is 56.5 Å². The van der Waals surface area contributed by atoms with Crippen molar-refractivity contribution in [1.82, 2.24) is 15.0 Å². The number of hydrogen-bond donors (Lipinski definition) is 2. The molecule has 0 unspecified atom stereocenters. The van der Waals surface area contributed by atoms with E-state index in [9.17, 15) is 0 Å². The lowest BCUT2D eigenvalue weighted by Gasteiger charge is -2.15. The molecule has 5 nitrogen and oxygen atoms in total. The fourth-order valence-corrected chi connectivity index (χ4v) is 2.72. The number of unbranched alkanes of at least 4 members (excludes halogenated alkanes) is 2. The number of nitrogens with zero attached hydrogens (tertiary/aromatic N) is 3. The highest BCUT2D eigenvalue weighted by Crippen LogP contribution is 2.23. The average molecular weight is 327 g/mol. The van der Waals surface area contributed by atoms with Gasteiger partial charge in [-0.25, -0.2) is 0 Å². The fourth-order valence-electron chi connectivity index (χ4n) is 2.72. The molecule has 130 valence electrons. The number of aromatic nitrogens is 3. The third-order valence-corrected chi connectivity index (χ3v) is 4.08. The van der Waals surface area contributed by atoms with Gasteiger partial charge in [0, 0.05) is 11.7 Å². The Kier molecular flexibility index (Phi) is 6.53. The van der Waals surface area contributed by atoms with E-state index in [1.807, 2.05) is 6.92 Å². The Morgan fingerprint density at radius 3 is 2.29 bits per heavy atom. The smallest absolute Gasteiger partial charge is 0.232 e. The molecule has 0 saturated carbocycles. The molecule has 0 radical (unpaired) electrons. The van der Waals surface area contributed by atoms with Crippen LogP contribution < -0.4 is 10.6 Å². The van der Waals surface area contributed by atoms with Crippen LogP contribution in [0.3, 0.4) is 0 Å². The number of anilines is 3. The molecular weight excluding hydrogens is 298 g/mol. The largest absolute Gasteiger partial charge is 0.352 e. The van der Waals surface area contributed by atoms with Crippen LogP contribution in [-0.2, 0) is 0 Å². The maximum atomic E-state index is 4.53. The van der Waals surface area contributed by atoms with Gasteiger partial charge in [0.2, 0.25) is 11.9 Å². The average Bonchev–Trinajstić information content (AvgIpc) is 2.51. The van der Waals surface area contributed by atoms with Crippen molar-refractivity contribution in [3.05, 3.63) is 35.2 Å². The monoisotopic (exact) mass is 327 g/mol. The van der Waals surface area contributed by atoms with Crippen molar-refractivity contribution in [2.24, 2.45) is 0 Å². The molecule has 1 aromatic heterocycles. The highest BCUT2D eigenvalue weighted by molar-refractivity contribution is 5.63. The van der Waals surface area contributed by atoms with Gasteiger partial charge < -0.3 is 10.6 Å². The molecule has 5 heteroatoms. The second kappa shape index (κ2) is 8.62. The summed E-state index contributed by atoms with van der Waals surface area (Å²) in [4.78, 5) is 13.4. The Labute approximate surface area is 145 Å². The number of aryl methyl sites for hydroxylation is 3. The van der Waals surface area contributed by atoms with Crippen LogP contribution in [-0.4, -0.2) is 21.0 Å². The second-order valence-corrected chi connectivity index (χ2v) is 6.46. The van der Waals surface area contributed by atoms with Gasteiger partial charge in [-0.15, -0.1) is 0 Å². The zero-order chi connectivity index (χ0) is 17.5. The van der Waals surface area contributed by atoms with Gasteiger partial charge in [-0.2, -0.15) is 15.0 Å². The van der Waals surface area contributed by atoms with Crippen LogP contribution in [0.15, 0.2) is 18.2 Å². The molecule has 2 rings (SSSR count). The van der Waals surface area contributed by atoms with E-state index in [1.54, 1.807) is 0 Å². The quantitative estimate of drug-likeness (QED) is 0.674. The molecule has 0 saturated heterocycles. The Balaban J connectivity index is 2.11. The zero-order valence-corrected chi connectivity index (χ0v) is 15.5. The summed E-state index contributed by atoms with van der Waals surface area (Å²) in [7, 11) is 0. The van der Waals surface area contributed by atoms with Gasteiger partial charge >= 0.3 is 0 Å². The van der Waals surface area contributed by atoms with E-state index in [-0.39, 0.29) is 0 Å². The number of benzene rings is 1. The van der Waals surface area contributed by atoms with Crippen molar-refractivity contribution < 1.29 is 0 Å². The highest BCUT2D eigenvalue weighted by Gasteiger charge is 2.09. The molecule has 1 heterocycles. The maximum absolute atomic E-state index is 4.53. The van der Waals surface area contributed by atoms with Crippen LogP contribution in [0.4, 0.5) is 17.6 Å². The highest BCUT2D eigenvalue weighted by atomic mass is 15.2. The Morgan fingerprint density at radius 2 is 1.62 bits per heavy atom. The third kappa shape index (κ3) is 5.18. The Hall–Kier alpha value is -2.17. The molecule has 2 aromatic rings. The van der Waals surface area contributed by atoms with Gasteiger partial charge in [0.15, 0.2) is 0 Å². The van der Waals surface area contributed by atoms with Gasteiger partial charge in [-0.05, 0) is 45.2 Å². The summed E-state index contributed by atoms with van der Waals surface area (Å²) < 4.78 is 0. The van der Waals surface area contributed by atoms with E-state index in [2.05, 4.69) is 71.5 Å². The molecule has 1 atom stereocenters. The van der Waals surface area contributed by atoms with E-state index in [0.717, 1.165) is 12.1 Å². The van der Waals surface area contributed by atoms with Crippen molar-refractivity contribution in [3.63, 3.8) is 0 Å². The maximum Gasteiger partial charge on any atom is 0.232 e. The summed E-state index contributed by atoms with van der Waals surface area (Å²) >= 11 is 0. The minimum atomic E-state index is 0.353. The molecule has 0 aliphatic rings. The standard InChI is InChI=1S/C19H29N5/c1-6-7-8-12-15(4)20-18-21-16(5)22-19(24-18)23-17-13(2)10-9-11-14(17)3/h9-11,15H,6-8,12H2,1-5H3,(H2,20,21,22,23,24)/t15-/m0/s1. The SMILES string of the molecule is CCCCC[C@H](C)Nc1nc(C)nc(Nc2c(C)cccc2C)n1. The summed E-state index contributed by atoms with van der Waals surface area (Å²) in [6.07, 6.45) is 4.85. The molecule has 0 amide bonds. The lowest BCUT2D eigenvalue weighted by Crippen LogP contribution is -2.18. The molecule has 0 fully saturated rings. The lowest BCUT2D eigenvalue weighted by atomic mass is 10.1. The molecule has 2 N–H and O–H groups in total. The van der Waals surface area contributed by atoms with E-state index in [0.29, 0.717) is 23.8 Å². The molecule has 0 aliphatic carbocycles. The number of hydrogen-bond acceptors (Lipinski definition) is 5. The van der Waals surface area contributed by atoms with Crippen LogP contribution in [0.5, 0.6) is 0 Å². The summed E-state index contributed by atoms with van der Waals surface area (Å²) in [5, 5.41) is 6.74. The molecule has 0 bridgehead atoms. The molecule has 0 aliphatic heterocycles. The van der Waals surface area contributed by atoms with E-state index in [1.165, 1.54) is 30.4 Å². The van der Waals surface area contributed by atoms with Gasteiger partial charge in [0.1, 0.15) is 5.82 Å².